The highest BCUT2D eigenvalue weighted by atomic mass is 16.6. The Labute approximate surface area is 176 Å². The molecule has 0 unspecified atom stereocenters. The molecule has 30 heavy (non-hydrogen) atoms. The number of amides is 1. The summed E-state index contributed by atoms with van der Waals surface area (Å²) < 4.78 is 5.36. The lowest BCUT2D eigenvalue weighted by Gasteiger charge is -2.43. The molecule has 0 aromatic heterocycles. The molecule has 0 spiro atoms. The largest absolute Gasteiger partial charge is 0.444 e. The highest BCUT2D eigenvalue weighted by molar-refractivity contribution is 5.68. The van der Waals surface area contributed by atoms with Crippen molar-refractivity contribution in [3.63, 3.8) is 0 Å². The zero-order chi connectivity index (χ0) is 21.5. The van der Waals surface area contributed by atoms with Crippen molar-refractivity contribution < 1.29 is 19.6 Å². The molecule has 1 aliphatic rings. The van der Waals surface area contributed by atoms with Crippen molar-refractivity contribution in [2.45, 2.75) is 45.1 Å². The maximum atomic E-state index is 12.7. The minimum absolute atomic E-state index is 0.0494. The maximum absolute atomic E-state index is 12.7. The molecule has 1 amide bonds. The summed E-state index contributed by atoms with van der Waals surface area (Å²) in [5.41, 5.74) is 1.79. The summed E-state index contributed by atoms with van der Waals surface area (Å²) in [4.78, 5) is 25.4. The molecule has 7 heteroatoms. The van der Waals surface area contributed by atoms with Gasteiger partial charge in [0.15, 0.2) is 0 Å². The van der Waals surface area contributed by atoms with Crippen LogP contribution in [0.25, 0.3) is 0 Å². The second-order valence-electron chi connectivity index (χ2n) is 7.76. The predicted octanol–water partition coefficient (Wildman–Crippen LogP) is 3.88. The number of carbonyl (C=O) groups excluding carboxylic acids is 1. The number of hydrogen-bond acceptors (Lipinski definition) is 5. The van der Waals surface area contributed by atoms with E-state index in [0.29, 0.717) is 12.8 Å². The van der Waals surface area contributed by atoms with Crippen LogP contribution < -0.4 is 0 Å². The Hall–Kier alpha value is -2.93. The van der Waals surface area contributed by atoms with Crippen molar-refractivity contribution in [2.75, 3.05) is 6.54 Å². The number of aliphatic hydroxyl groups excluding tert-OH is 1. The SMILES string of the molecule is CCC[C@H]1[C@H](Cc2ccccc2)[C@@H](O)N(C(=O)OCc2ccccc2)C[C@@H]1[N+](=O)[O-]. The van der Waals surface area contributed by atoms with E-state index in [2.05, 4.69) is 0 Å². The number of aliphatic hydroxyl groups is 1. The molecule has 1 fully saturated rings. The number of ether oxygens (including phenoxy) is 1. The fourth-order valence-corrected chi connectivity index (χ4v) is 4.27. The normalized spacial score (nSPS) is 23.7. The van der Waals surface area contributed by atoms with Crippen molar-refractivity contribution in [2.24, 2.45) is 11.8 Å². The van der Waals surface area contributed by atoms with Gasteiger partial charge in [-0.1, -0.05) is 74.0 Å². The lowest BCUT2D eigenvalue weighted by Crippen LogP contribution is -2.60. The predicted molar refractivity (Wildman–Crippen MR) is 112 cm³/mol. The quantitative estimate of drug-likeness (QED) is 0.550. The van der Waals surface area contributed by atoms with Crippen molar-refractivity contribution in [3.05, 3.63) is 81.9 Å². The van der Waals surface area contributed by atoms with Gasteiger partial charge in [0.05, 0.1) is 6.54 Å². The molecule has 7 nitrogen and oxygen atoms in total. The first-order chi connectivity index (χ1) is 14.5. The topological polar surface area (TPSA) is 92.9 Å². The Balaban J connectivity index is 1.80. The zero-order valence-corrected chi connectivity index (χ0v) is 17.1. The molecule has 160 valence electrons. The summed E-state index contributed by atoms with van der Waals surface area (Å²) in [6.07, 6.45) is -0.0228. The molecule has 1 saturated heterocycles. The molecule has 4 atom stereocenters. The van der Waals surface area contributed by atoms with Gasteiger partial charge in [0.25, 0.3) is 0 Å². The minimum Gasteiger partial charge on any atom is -0.444 e. The van der Waals surface area contributed by atoms with Crippen LogP contribution in [0, 0.1) is 22.0 Å². The molecular weight excluding hydrogens is 384 g/mol. The Bertz CT molecular complexity index is 830. The van der Waals surface area contributed by atoms with E-state index in [1.807, 2.05) is 67.6 Å². The third-order valence-corrected chi connectivity index (χ3v) is 5.78. The molecule has 2 aromatic rings. The van der Waals surface area contributed by atoms with Crippen LogP contribution in [0.3, 0.4) is 0 Å². The smallest absolute Gasteiger partial charge is 0.412 e. The molecule has 3 rings (SSSR count). The van der Waals surface area contributed by atoms with E-state index >= 15 is 0 Å². The van der Waals surface area contributed by atoms with Crippen LogP contribution in [0.1, 0.15) is 30.9 Å². The van der Waals surface area contributed by atoms with Crippen molar-refractivity contribution in [3.8, 4) is 0 Å². The summed E-state index contributed by atoms with van der Waals surface area (Å²) in [6, 6.07) is 17.8. The average molecular weight is 412 g/mol. The number of nitro groups is 1. The molecule has 1 N–H and O–H groups in total. The number of piperidine rings is 1. The molecule has 1 aliphatic heterocycles. The molecule has 0 bridgehead atoms. The first kappa shape index (κ1) is 21.8. The van der Waals surface area contributed by atoms with E-state index in [1.165, 1.54) is 0 Å². The van der Waals surface area contributed by atoms with E-state index in [4.69, 9.17) is 4.74 Å². The van der Waals surface area contributed by atoms with E-state index in [9.17, 15) is 20.0 Å². The molecule has 0 radical (unpaired) electrons. The van der Waals surface area contributed by atoms with Crippen LogP contribution >= 0.6 is 0 Å². The van der Waals surface area contributed by atoms with Crippen LogP contribution in [0.15, 0.2) is 60.7 Å². The van der Waals surface area contributed by atoms with Crippen LogP contribution in [0.5, 0.6) is 0 Å². The minimum atomic E-state index is -1.14. The lowest BCUT2D eigenvalue weighted by atomic mass is 9.75. The highest BCUT2D eigenvalue weighted by Crippen LogP contribution is 2.36. The molecule has 2 aromatic carbocycles. The van der Waals surface area contributed by atoms with Gasteiger partial charge in [-0.05, 0) is 24.0 Å². The number of likely N-dealkylation sites (tertiary alicyclic amines) is 1. The monoisotopic (exact) mass is 412 g/mol. The van der Waals surface area contributed by atoms with Gasteiger partial charge in [0, 0.05) is 16.8 Å². The zero-order valence-electron chi connectivity index (χ0n) is 17.1. The fraction of sp³-hybridized carbons (Fsp3) is 0.435. The van der Waals surface area contributed by atoms with Crippen LogP contribution in [-0.4, -0.2) is 39.8 Å². The van der Waals surface area contributed by atoms with E-state index in [1.54, 1.807) is 0 Å². The molecule has 0 saturated carbocycles. The standard InChI is InChI=1S/C23H28N2O5/c1-2-9-19-20(14-17-10-5-3-6-11-17)22(26)24(15-21(19)25(28)29)23(27)30-16-18-12-7-4-8-13-18/h3-8,10-13,19-22,26H,2,9,14-16H2,1H3/t19-,20-,21-,22+/m0/s1. The number of rotatable bonds is 7. The van der Waals surface area contributed by atoms with Gasteiger partial charge in [-0.15, -0.1) is 0 Å². The van der Waals surface area contributed by atoms with Gasteiger partial charge < -0.3 is 9.84 Å². The molecule has 1 heterocycles. The summed E-state index contributed by atoms with van der Waals surface area (Å²) in [7, 11) is 0. The fourth-order valence-electron chi connectivity index (χ4n) is 4.27. The third kappa shape index (κ3) is 5.16. The van der Waals surface area contributed by atoms with Gasteiger partial charge in [0.1, 0.15) is 12.8 Å². The van der Waals surface area contributed by atoms with Gasteiger partial charge in [0.2, 0.25) is 6.04 Å². The van der Waals surface area contributed by atoms with Gasteiger partial charge in [-0.25, -0.2) is 4.79 Å². The average Bonchev–Trinajstić information content (AvgIpc) is 2.76. The summed E-state index contributed by atoms with van der Waals surface area (Å²) in [5, 5.41) is 22.9. The second-order valence-corrected chi connectivity index (χ2v) is 7.76. The Morgan fingerprint density at radius 1 is 1.10 bits per heavy atom. The van der Waals surface area contributed by atoms with Gasteiger partial charge in [-0.2, -0.15) is 0 Å². The Kier molecular flexibility index (Phi) is 7.41. The van der Waals surface area contributed by atoms with Crippen LogP contribution in [0.2, 0.25) is 0 Å². The van der Waals surface area contributed by atoms with Crippen molar-refractivity contribution in [1.29, 1.82) is 0 Å². The first-order valence-electron chi connectivity index (χ1n) is 10.3. The first-order valence-corrected chi connectivity index (χ1v) is 10.3. The lowest BCUT2D eigenvalue weighted by molar-refractivity contribution is -0.541. The Morgan fingerprint density at radius 2 is 1.70 bits per heavy atom. The second kappa shape index (κ2) is 10.2. The summed E-state index contributed by atoms with van der Waals surface area (Å²) in [5.74, 6) is -0.765. The molecular formula is C23H28N2O5. The van der Waals surface area contributed by atoms with Crippen molar-refractivity contribution in [1.82, 2.24) is 4.90 Å². The number of carbonyl (C=O) groups is 1. The number of benzene rings is 2. The highest BCUT2D eigenvalue weighted by Gasteiger charge is 2.49. The summed E-state index contributed by atoms with van der Waals surface area (Å²) in [6.45, 7) is 1.87. The van der Waals surface area contributed by atoms with E-state index < -0.39 is 24.3 Å². The van der Waals surface area contributed by atoms with Gasteiger partial charge in [-0.3, -0.25) is 15.0 Å². The number of hydrogen-bond donors (Lipinski definition) is 1. The van der Waals surface area contributed by atoms with Gasteiger partial charge >= 0.3 is 6.09 Å². The maximum Gasteiger partial charge on any atom is 0.412 e. The van der Waals surface area contributed by atoms with Crippen LogP contribution in [0.4, 0.5) is 4.79 Å². The van der Waals surface area contributed by atoms with Crippen molar-refractivity contribution >= 4 is 6.09 Å². The molecule has 0 aliphatic carbocycles. The van der Waals surface area contributed by atoms with Crippen LogP contribution in [-0.2, 0) is 17.8 Å². The third-order valence-electron chi connectivity index (χ3n) is 5.78. The number of nitrogens with zero attached hydrogens (tertiary/aromatic N) is 2. The Morgan fingerprint density at radius 3 is 2.27 bits per heavy atom. The van der Waals surface area contributed by atoms with E-state index in [0.717, 1.165) is 22.4 Å². The summed E-state index contributed by atoms with van der Waals surface area (Å²) >= 11 is 0. The van der Waals surface area contributed by atoms with E-state index in [-0.39, 0.29) is 24.0 Å².